The quantitative estimate of drug-likeness (QED) is 0.332. The Balaban J connectivity index is 0.00000364. The predicted octanol–water partition coefficient (Wildman–Crippen LogP) is 4.41. The molecule has 0 amide bonds. The second-order valence-corrected chi connectivity index (χ2v) is 7.24. The third-order valence-electron chi connectivity index (χ3n) is 4.52. The van der Waals surface area contributed by atoms with Crippen molar-refractivity contribution in [2.75, 3.05) is 32.8 Å². The molecule has 27 heavy (non-hydrogen) atoms. The number of hydrogen-bond donors (Lipinski definition) is 2. The first-order valence-electron chi connectivity index (χ1n) is 9.00. The number of hydrogen-bond acceptors (Lipinski definition) is 2. The van der Waals surface area contributed by atoms with E-state index in [9.17, 15) is 13.2 Å². The van der Waals surface area contributed by atoms with E-state index in [2.05, 4.69) is 22.5 Å². The first-order chi connectivity index (χ1) is 12.2. The van der Waals surface area contributed by atoms with Crippen LogP contribution in [0.1, 0.15) is 44.2 Å². The Bertz CT molecular complexity index is 618. The number of aliphatic imine (C=N–C) groups is 1. The molecular formula is C19H29F3IN3O. The number of nitrogens with zero attached hydrogens (tertiary/aromatic N) is 1. The molecule has 154 valence electrons. The highest BCUT2D eigenvalue weighted by Crippen LogP contribution is 2.31. The lowest BCUT2D eigenvalue weighted by Gasteiger charge is -2.36. The van der Waals surface area contributed by atoms with Gasteiger partial charge in [0.1, 0.15) is 0 Å². The van der Waals surface area contributed by atoms with Gasteiger partial charge in [-0.3, -0.25) is 4.99 Å². The minimum Gasteiger partial charge on any atom is -0.380 e. The molecule has 1 saturated heterocycles. The molecule has 1 aliphatic heterocycles. The lowest BCUT2D eigenvalue weighted by atomic mass is 9.89. The summed E-state index contributed by atoms with van der Waals surface area (Å²) in [5.41, 5.74) is 0.205. The molecule has 0 bridgehead atoms. The second kappa shape index (κ2) is 10.5. The van der Waals surface area contributed by atoms with Crippen LogP contribution in [0.2, 0.25) is 0 Å². The van der Waals surface area contributed by atoms with Crippen molar-refractivity contribution in [1.29, 1.82) is 0 Å². The Kier molecular flexibility index (Phi) is 9.33. The fourth-order valence-corrected chi connectivity index (χ4v) is 2.75. The van der Waals surface area contributed by atoms with Gasteiger partial charge in [-0.05, 0) is 30.9 Å². The average Bonchev–Trinajstić information content (AvgIpc) is 2.57. The van der Waals surface area contributed by atoms with Gasteiger partial charge in [-0.2, -0.15) is 13.2 Å². The van der Waals surface area contributed by atoms with E-state index in [0.717, 1.165) is 31.8 Å². The zero-order valence-corrected chi connectivity index (χ0v) is 18.4. The fourth-order valence-electron chi connectivity index (χ4n) is 2.75. The van der Waals surface area contributed by atoms with E-state index in [1.807, 2.05) is 13.8 Å². The smallest absolute Gasteiger partial charge is 0.380 e. The van der Waals surface area contributed by atoms with E-state index in [-0.39, 0.29) is 35.3 Å². The van der Waals surface area contributed by atoms with Crippen LogP contribution >= 0.6 is 24.0 Å². The van der Waals surface area contributed by atoms with Crippen molar-refractivity contribution in [3.05, 3.63) is 35.4 Å². The summed E-state index contributed by atoms with van der Waals surface area (Å²) in [6.07, 6.45) is -3.59. The number of alkyl halides is 3. The van der Waals surface area contributed by atoms with E-state index >= 15 is 0 Å². The predicted molar refractivity (Wildman–Crippen MR) is 113 cm³/mol. The maximum absolute atomic E-state index is 12.8. The molecule has 2 N–H and O–H groups in total. The summed E-state index contributed by atoms with van der Waals surface area (Å²) in [6.45, 7) is 9.60. The van der Waals surface area contributed by atoms with Gasteiger partial charge in [0, 0.05) is 18.5 Å². The van der Waals surface area contributed by atoms with E-state index in [1.54, 1.807) is 6.07 Å². The van der Waals surface area contributed by atoms with Gasteiger partial charge in [0.2, 0.25) is 0 Å². The average molecular weight is 499 g/mol. The summed E-state index contributed by atoms with van der Waals surface area (Å²) < 4.78 is 43.8. The molecule has 8 heteroatoms. The molecule has 0 spiro atoms. The third-order valence-corrected chi connectivity index (χ3v) is 4.52. The molecule has 2 rings (SSSR count). The molecule has 0 radical (unpaired) electrons. The number of nitrogens with one attached hydrogen (secondary N) is 2. The van der Waals surface area contributed by atoms with Crippen LogP contribution in [0.5, 0.6) is 0 Å². The van der Waals surface area contributed by atoms with Crippen LogP contribution < -0.4 is 10.6 Å². The molecular weight excluding hydrogens is 470 g/mol. The van der Waals surface area contributed by atoms with Crippen molar-refractivity contribution in [3.63, 3.8) is 0 Å². The maximum Gasteiger partial charge on any atom is 0.416 e. The molecule has 1 aromatic carbocycles. The summed E-state index contributed by atoms with van der Waals surface area (Å²) in [6, 6.07) is 5.56. The van der Waals surface area contributed by atoms with Crippen LogP contribution in [0, 0.1) is 5.41 Å². The Morgan fingerprint density at radius 3 is 2.56 bits per heavy atom. The first-order valence-corrected chi connectivity index (χ1v) is 9.00. The number of rotatable bonds is 7. The van der Waals surface area contributed by atoms with Gasteiger partial charge in [0.15, 0.2) is 5.96 Å². The van der Waals surface area contributed by atoms with Crippen molar-refractivity contribution in [1.82, 2.24) is 10.6 Å². The topological polar surface area (TPSA) is 45.7 Å². The summed E-state index contributed by atoms with van der Waals surface area (Å²) in [7, 11) is 0. The number of guanidine groups is 1. The van der Waals surface area contributed by atoms with E-state index in [1.165, 1.54) is 12.1 Å². The summed E-state index contributed by atoms with van der Waals surface area (Å²) >= 11 is 0. The van der Waals surface area contributed by atoms with Crippen LogP contribution in [0.4, 0.5) is 13.2 Å². The lowest BCUT2D eigenvalue weighted by Crippen LogP contribution is -2.44. The monoisotopic (exact) mass is 499 g/mol. The zero-order chi connectivity index (χ0) is 19.2. The third kappa shape index (κ3) is 7.48. The molecule has 1 aliphatic rings. The van der Waals surface area contributed by atoms with Crippen LogP contribution in [-0.2, 0) is 10.9 Å². The normalized spacial score (nSPS) is 17.5. The van der Waals surface area contributed by atoms with Gasteiger partial charge in [-0.1, -0.05) is 32.0 Å². The second-order valence-electron chi connectivity index (χ2n) is 7.24. The summed E-state index contributed by atoms with van der Waals surface area (Å²) in [5, 5.41) is 6.46. The standard InChI is InChI=1S/C19H28F3N3O.HI/c1-4-23-17(25-11-18(3)12-26-13-18)24-9-8-14(2)15-6-5-7-16(10-15)19(20,21)22;/h5-7,10,14H,4,8-9,11-13H2,1-3H3,(H2,23,24,25);1H. The van der Waals surface area contributed by atoms with E-state index in [4.69, 9.17) is 4.74 Å². The molecule has 4 nitrogen and oxygen atoms in total. The first kappa shape index (κ1) is 24.0. The van der Waals surface area contributed by atoms with E-state index < -0.39 is 11.7 Å². The van der Waals surface area contributed by atoms with Crippen LogP contribution in [0.3, 0.4) is 0 Å². The molecule has 1 heterocycles. The fraction of sp³-hybridized carbons (Fsp3) is 0.632. The van der Waals surface area contributed by atoms with Crippen molar-refractivity contribution < 1.29 is 17.9 Å². The van der Waals surface area contributed by atoms with Crippen LogP contribution in [-0.4, -0.2) is 38.8 Å². The SMILES string of the molecule is CCNC(=NCC1(C)COC1)NCCC(C)c1cccc(C(F)(F)F)c1.I. The highest BCUT2D eigenvalue weighted by molar-refractivity contribution is 14.0. The maximum atomic E-state index is 12.8. The molecule has 0 aliphatic carbocycles. The number of halogens is 4. The van der Waals surface area contributed by atoms with Gasteiger partial charge in [-0.25, -0.2) is 0 Å². The van der Waals surface area contributed by atoms with E-state index in [0.29, 0.717) is 25.1 Å². The minimum atomic E-state index is -4.31. The molecule has 0 saturated carbocycles. The molecule has 1 fully saturated rings. The van der Waals surface area contributed by atoms with Crippen LogP contribution in [0.25, 0.3) is 0 Å². The highest BCUT2D eigenvalue weighted by Gasteiger charge is 2.33. The van der Waals surface area contributed by atoms with Crippen molar-refractivity contribution >= 4 is 29.9 Å². The van der Waals surface area contributed by atoms with Gasteiger partial charge >= 0.3 is 6.18 Å². The van der Waals surface area contributed by atoms with Crippen molar-refractivity contribution in [2.24, 2.45) is 10.4 Å². The van der Waals surface area contributed by atoms with Crippen molar-refractivity contribution in [2.45, 2.75) is 39.3 Å². The Morgan fingerprint density at radius 2 is 2.00 bits per heavy atom. The number of benzene rings is 1. The molecule has 0 aromatic heterocycles. The summed E-state index contributed by atoms with van der Waals surface area (Å²) in [4.78, 5) is 4.59. The van der Waals surface area contributed by atoms with Crippen LogP contribution in [0.15, 0.2) is 29.3 Å². The van der Waals surface area contributed by atoms with Gasteiger partial charge in [0.25, 0.3) is 0 Å². The lowest BCUT2D eigenvalue weighted by molar-refractivity contribution is -0.137. The van der Waals surface area contributed by atoms with Gasteiger partial charge in [-0.15, -0.1) is 24.0 Å². The van der Waals surface area contributed by atoms with Gasteiger partial charge in [0.05, 0.1) is 25.3 Å². The Labute approximate surface area is 176 Å². The zero-order valence-electron chi connectivity index (χ0n) is 16.0. The molecule has 1 atom stereocenters. The van der Waals surface area contributed by atoms with Crippen molar-refractivity contribution in [3.8, 4) is 0 Å². The highest BCUT2D eigenvalue weighted by atomic mass is 127. The molecule has 1 unspecified atom stereocenters. The minimum absolute atomic E-state index is 0. The number of ether oxygens (including phenoxy) is 1. The summed E-state index contributed by atoms with van der Waals surface area (Å²) in [5.74, 6) is 0.752. The molecule has 1 aromatic rings. The largest absolute Gasteiger partial charge is 0.416 e. The Morgan fingerprint density at radius 1 is 1.30 bits per heavy atom. The Hall–Kier alpha value is -1.03. The van der Waals surface area contributed by atoms with Gasteiger partial charge < -0.3 is 15.4 Å².